The maximum atomic E-state index is 5.72. The minimum atomic E-state index is 0.249. The van der Waals surface area contributed by atoms with Gasteiger partial charge in [-0.15, -0.1) is 0 Å². The second-order valence-corrected chi connectivity index (χ2v) is 6.37. The molecule has 1 aromatic heterocycles. The number of nitrogens with one attached hydrogen (secondary N) is 1. The van der Waals surface area contributed by atoms with Crippen LogP contribution in [0.3, 0.4) is 0 Å². The molecular formula is C19H23N3O2S. The number of thiocarbonyl (C=S) groups is 1. The quantitative estimate of drug-likeness (QED) is 0.834. The molecule has 5 nitrogen and oxygen atoms in total. The number of hydrogen-bond acceptors (Lipinski definition) is 4. The molecule has 25 heavy (non-hydrogen) atoms. The number of anilines is 1. The van der Waals surface area contributed by atoms with Gasteiger partial charge in [0.15, 0.2) is 5.11 Å². The third-order valence-corrected chi connectivity index (χ3v) is 4.82. The fourth-order valence-electron chi connectivity index (χ4n) is 3.19. The topological polar surface area (TPSA) is 46.6 Å². The van der Waals surface area contributed by atoms with Crippen LogP contribution < -0.4 is 14.8 Å². The summed E-state index contributed by atoms with van der Waals surface area (Å²) >= 11 is 5.72. The fourth-order valence-corrected chi connectivity index (χ4v) is 3.52. The van der Waals surface area contributed by atoms with Gasteiger partial charge in [0.05, 0.1) is 25.9 Å². The smallest absolute Gasteiger partial charge is 0.174 e. The van der Waals surface area contributed by atoms with Gasteiger partial charge in [-0.2, -0.15) is 0 Å². The Bertz CT molecular complexity index is 724. The molecule has 2 heterocycles. The summed E-state index contributed by atoms with van der Waals surface area (Å²) < 4.78 is 10.7. The van der Waals surface area contributed by atoms with Crippen LogP contribution in [0.4, 0.5) is 5.69 Å². The van der Waals surface area contributed by atoms with E-state index in [1.165, 1.54) is 12.0 Å². The molecule has 1 aromatic carbocycles. The second kappa shape index (κ2) is 8.16. The highest BCUT2D eigenvalue weighted by Gasteiger charge is 2.26. The fraction of sp³-hybridized carbons (Fsp3) is 0.368. The van der Waals surface area contributed by atoms with E-state index in [4.69, 9.17) is 21.7 Å². The molecule has 0 amide bonds. The molecule has 0 bridgehead atoms. The molecule has 2 aromatic rings. The summed E-state index contributed by atoms with van der Waals surface area (Å²) in [5, 5.41) is 4.03. The van der Waals surface area contributed by atoms with Crippen molar-refractivity contribution in [1.82, 2.24) is 9.88 Å². The Kier molecular flexibility index (Phi) is 5.71. The van der Waals surface area contributed by atoms with Gasteiger partial charge in [-0.3, -0.25) is 4.98 Å². The Balaban J connectivity index is 1.82. The van der Waals surface area contributed by atoms with E-state index in [0.29, 0.717) is 5.11 Å². The maximum Gasteiger partial charge on any atom is 0.174 e. The van der Waals surface area contributed by atoms with Crippen molar-refractivity contribution in [1.29, 1.82) is 0 Å². The van der Waals surface area contributed by atoms with Crippen molar-refractivity contribution >= 4 is 23.0 Å². The normalized spacial score (nSPS) is 17.0. The number of likely N-dealkylation sites (tertiary alicyclic amines) is 1. The Labute approximate surface area is 154 Å². The van der Waals surface area contributed by atoms with Crippen LogP contribution in [0, 0.1) is 0 Å². The maximum absolute atomic E-state index is 5.72. The molecule has 1 fully saturated rings. The molecule has 1 aliphatic heterocycles. The van der Waals surface area contributed by atoms with E-state index in [-0.39, 0.29) is 6.04 Å². The van der Waals surface area contributed by atoms with Crippen LogP contribution in [0.25, 0.3) is 0 Å². The Morgan fingerprint density at radius 2 is 2.12 bits per heavy atom. The van der Waals surface area contributed by atoms with Crippen molar-refractivity contribution in [3.05, 3.63) is 48.3 Å². The highest BCUT2D eigenvalue weighted by molar-refractivity contribution is 7.80. The first-order valence-electron chi connectivity index (χ1n) is 8.42. The summed E-state index contributed by atoms with van der Waals surface area (Å²) in [6.07, 6.45) is 7.13. The van der Waals surface area contributed by atoms with Crippen molar-refractivity contribution in [3.8, 4) is 11.5 Å². The average molecular weight is 357 g/mol. The standard InChI is InChI=1S/C19H23N3O2S/c1-23-15-8-9-18(24-2)16(12-15)21-19(25)22-11-4-3-7-17(22)14-6-5-10-20-13-14/h5-6,8-10,12-13,17H,3-4,7,11H2,1-2H3,(H,21,25). The van der Waals surface area contributed by atoms with Gasteiger partial charge in [0.25, 0.3) is 0 Å². The van der Waals surface area contributed by atoms with Crippen molar-refractivity contribution in [2.75, 3.05) is 26.1 Å². The van der Waals surface area contributed by atoms with Crippen molar-refractivity contribution < 1.29 is 9.47 Å². The highest BCUT2D eigenvalue weighted by Crippen LogP contribution is 2.33. The van der Waals surface area contributed by atoms with Crippen LogP contribution >= 0.6 is 12.2 Å². The molecular weight excluding hydrogens is 334 g/mol. The Morgan fingerprint density at radius 3 is 2.84 bits per heavy atom. The predicted molar refractivity (Wildman–Crippen MR) is 103 cm³/mol. The van der Waals surface area contributed by atoms with Crippen LogP contribution in [-0.2, 0) is 0 Å². The van der Waals surface area contributed by atoms with Gasteiger partial charge in [0.1, 0.15) is 11.5 Å². The minimum Gasteiger partial charge on any atom is -0.497 e. The third-order valence-electron chi connectivity index (χ3n) is 4.48. The zero-order valence-corrected chi connectivity index (χ0v) is 15.4. The molecule has 3 rings (SSSR count). The first-order chi connectivity index (χ1) is 12.2. The number of piperidine rings is 1. The number of hydrogen-bond donors (Lipinski definition) is 1. The third kappa shape index (κ3) is 4.02. The molecule has 0 spiro atoms. The van der Waals surface area contributed by atoms with E-state index in [1.807, 2.05) is 30.5 Å². The van der Waals surface area contributed by atoms with E-state index < -0.39 is 0 Å². The van der Waals surface area contributed by atoms with Crippen molar-refractivity contribution in [2.45, 2.75) is 25.3 Å². The van der Waals surface area contributed by atoms with Gasteiger partial charge < -0.3 is 19.7 Å². The molecule has 0 radical (unpaired) electrons. The number of rotatable bonds is 4. The van der Waals surface area contributed by atoms with Gasteiger partial charge in [-0.25, -0.2) is 0 Å². The van der Waals surface area contributed by atoms with Crippen LogP contribution in [-0.4, -0.2) is 35.8 Å². The number of methoxy groups -OCH3 is 2. The molecule has 1 N–H and O–H groups in total. The Morgan fingerprint density at radius 1 is 1.24 bits per heavy atom. The van der Waals surface area contributed by atoms with Gasteiger partial charge in [0.2, 0.25) is 0 Å². The Hall–Kier alpha value is -2.34. The number of benzene rings is 1. The lowest BCUT2D eigenvalue weighted by molar-refractivity contribution is 0.248. The summed E-state index contributed by atoms with van der Waals surface area (Å²) in [4.78, 5) is 6.51. The number of pyridine rings is 1. The van der Waals surface area contributed by atoms with Gasteiger partial charge >= 0.3 is 0 Å². The van der Waals surface area contributed by atoms with Crippen molar-refractivity contribution in [2.24, 2.45) is 0 Å². The van der Waals surface area contributed by atoms with E-state index >= 15 is 0 Å². The molecule has 132 valence electrons. The summed E-state index contributed by atoms with van der Waals surface area (Å²) in [5.41, 5.74) is 2.01. The first kappa shape index (κ1) is 17.5. The van der Waals surface area contributed by atoms with E-state index in [1.54, 1.807) is 20.4 Å². The zero-order chi connectivity index (χ0) is 17.6. The van der Waals surface area contributed by atoms with Crippen molar-refractivity contribution in [3.63, 3.8) is 0 Å². The summed E-state index contributed by atoms with van der Waals surface area (Å²) in [5.74, 6) is 1.49. The van der Waals surface area contributed by atoms with Gasteiger partial charge in [-0.1, -0.05) is 6.07 Å². The molecule has 0 aliphatic carbocycles. The molecule has 1 unspecified atom stereocenters. The highest BCUT2D eigenvalue weighted by atomic mass is 32.1. The zero-order valence-electron chi connectivity index (χ0n) is 14.6. The molecule has 0 saturated carbocycles. The number of ether oxygens (including phenoxy) is 2. The van der Waals surface area contributed by atoms with E-state index in [0.717, 1.165) is 36.6 Å². The predicted octanol–water partition coefficient (Wildman–Crippen LogP) is 4.02. The first-order valence-corrected chi connectivity index (χ1v) is 8.83. The van der Waals surface area contributed by atoms with Gasteiger partial charge in [0, 0.05) is 25.0 Å². The second-order valence-electron chi connectivity index (χ2n) is 5.99. The van der Waals surface area contributed by atoms with Gasteiger partial charge in [-0.05, 0) is 55.2 Å². The number of aromatic nitrogens is 1. The SMILES string of the molecule is COc1ccc(OC)c(NC(=S)N2CCCCC2c2cccnc2)c1. The number of nitrogens with zero attached hydrogens (tertiary/aromatic N) is 2. The van der Waals surface area contributed by atoms with Crippen LogP contribution in [0.5, 0.6) is 11.5 Å². The molecule has 1 saturated heterocycles. The largest absolute Gasteiger partial charge is 0.497 e. The molecule has 6 heteroatoms. The van der Waals surface area contributed by atoms with Crippen LogP contribution in [0.15, 0.2) is 42.7 Å². The lowest BCUT2D eigenvalue weighted by atomic mass is 9.97. The molecule has 1 aliphatic rings. The molecule has 1 atom stereocenters. The van der Waals surface area contributed by atoms with Crippen LogP contribution in [0.2, 0.25) is 0 Å². The lowest BCUT2D eigenvalue weighted by Gasteiger charge is -2.38. The minimum absolute atomic E-state index is 0.249. The van der Waals surface area contributed by atoms with Crippen LogP contribution in [0.1, 0.15) is 30.9 Å². The van der Waals surface area contributed by atoms with E-state index in [9.17, 15) is 0 Å². The summed E-state index contributed by atoms with van der Waals surface area (Å²) in [7, 11) is 3.29. The summed E-state index contributed by atoms with van der Waals surface area (Å²) in [6.45, 7) is 0.928. The monoisotopic (exact) mass is 357 g/mol. The van der Waals surface area contributed by atoms with E-state index in [2.05, 4.69) is 21.3 Å². The average Bonchev–Trinajstić information content (AvgIpc) is 2.68. The summed E-state index contributed by atoms with van der Waals surface area (Å²) in [6, 6.07) is 9.98. The lowest BCUT2D eigenvalue weighted by Crippen LogP contribution is -2.41.